The van der Waals surface area contributed by atoms with Crippen molar-refractivity contribution in [2.45, 2.75) is 52.1 Å². The molecule has 0 rings (SSSR count). The van der Waals surface area contributed by atoms with E-state index >= 15 is 0 Å². The second-order valence-electron chi connectivity index (χ2n) is 5.47. The number of quaternary nitrogens is 1. The average molecular weight is 267 g/mol. The summed E-state index contributed by atoms with van der Waals surface area (Å²) in [6, 6.07) is 0. The van der Waals surface area contributed by atoms with Gasteiger partial charge >= 0.3 is 0 Å². The van der Waals surface area contributed by atoms with Gasteiger partial charge in [0.15, 0.2) is 0 Å². The van der Waals surface area contributed by atoms with Gasteiger partial charge in [0.05, 0.1) is 0 Å². The Balaban J connectivity index is 0. The van der Waals surface area contributed by atoms with Crippen LogP contribution in [0.1, 0.15) is 27.7 Å². The van der Waals surface area contributed by atoms with Crippen molar-refractivity contribution in [2.24, 2.45) is 0 Å². The molecule has 5 N–H and O–H groups in total. The predicted molar refractivity (Wildman–Crippen MR) is 68.4 cm³/mol. The summed E-state index contributed by atoms with van der Waals surface area (Å²) in [5, 5.41) is 38.3. The third-order valence-electron chi connectivity index (χ3n) is 2.61. The van der Waals surface area contributed by atoms with Crippen LogP contribution in [-0.2, 0) is 0 Å². The van der Waals surface area contributed by atoms with Crippen molar-refractivity contribution in [3.63, 3.8) is 0 Å². The molecule has 6 nitrogen and oxygen atoms in total. The van der Waals surface area contributed by atoms with Gasteiger partial charge in [-0.05, 0) is 27.7 Å². The predicted octanol–water partition coefficient (Wildman–Crippen LogP) is -0.850. The Morgan fingerprint density at radius 1 is 0.611 bits per heavy atom. The Labute approximate surface area is 109 Å². The normalized spacial score (nSPS) is 21.3. The average Bonchev–Trinajstić information content (AvgIpc) is 1.95. The van der Waals surface area contributed by atoms with Crippen LogP contribution in [0.15, 0.2) is 0 Å². The lowest BCUT2D eigenvalue weighted by Crippen LogP contribution is -2.60. The van der Waals surface area contributed by atoms with Crippen LogP contribution in [0, 0.1) is 0 Å². The maximum Gasteiger partial charge on any atom is 0.105 e. The molecule has 4 atom stereocenters. The van der Waals surface area contributed by atoms with Gasteiger partial charge in [-0.15, -0.1) is 0 Å². The molecule has 0 aliphatic heterocycles. The Morgan fingerprint density at radius 3 is 0.889 bits per heavy atom. The van der Waals surface area contributed by atoms with Gasteiger partial charge in [-0.25, -0.2) is 0 Å². The molecule has 0 aromatic carbocycles. The summed E-state index contributed by atoms with van der Waals surface area (Å²) >= 11 is 0. The second kappa shape index (κ2) is 8.79. The van der Waals surface area contributed by atoms with Gasteiger partial charge in [0, 0.05) is 0 Å². The molecular weight excluding hydrogens is 238 g/mol. The van der Waals surface area contributed by atoms with E-state index in [1.807, 2.05) is 0 Å². The van der Waals surface area contributed by atoms with Crippen molar-refractivity contribution >= 4 is 0 Å². The van der Waals surface area contributed by atoms with E-state index < -0.39 is 24.4 Å². The molecule has 0 spiro atoms. The van der Waals surface area contributed by atoms with Crippen molar-refractivity contribution < 1.29 is 30.4 Å². The highest BCUT2D eigenvalue weighted by molar-refractivity contribution is 4.59. The fourth-order valence-corrected chi connectivity index (χ4v) is 2.69. The third kappa shape index (κ3) is 8.79. The molecule has 0 heterocycles. The molecule has 0 saturated carbocycles. The molecular formula is C12H29NO5. The fourth-order valence-electron chi connectivity index (χ4n) is 2.69. The summed E-state index contributed by atoms with van der Waals surface area (Å²) in [6.45, 7) is 8.39. The molecule has 0 amide bonds. The summed E-state index contributed by atoms with van der Waals surface area (Å²) in [7, 11) is 0. The lowest BCUT2D eigenvalue weighted by Gasteiger charge is -2.42. The number of aliphatic hydroxyl groups is 4. The molecule has 0 saturated heterocycles. The number of nitrogens with zero attached hydrogens (tertiary/aromatic N) is 1. The number of hydrogen-bond acceptors (Lipinski definition) is 5. The molecule has 112 valence electrons. The van der Waals surface area contributed by atoms with Crippen LogP contribution < -0.4 is 0 Å². The first kappa shape index (κ1) is 20.1. The Bertz CT molecular complexity index is 161. The first-order valence-electron chi connectivity index (χ1n) is 6.24. The highest BCUT2D eigenvalue weighted by Gasteiger charge is 2.33. The maximum absolute atomic E-state index is 9.57. The van der Waals surface area contributed by atoms with E-state index in [4.69, 9.17) is 0 Å². The van der Waals surface area contributed by atoms with Gasteiger partial charge in [0.2, 0.25) is 0 Å². The molecule has 18 heavy (non-hydrogen) atoms. The molecule has 0 fully saturated rings. The standard InChI is InChI=1S/C12H28NO4.H2O/c1-9(14)5-13(6-10(2)15,7-11(3)16)8-12(4)17;/h9-12,14-17H,5-8H2,1-4H3;1H2/q+1;/p-1. The Morgan fingerprint density at radius 2 is 0.778 bits per heavy atom. The summed E-state index contributed by atoms with van der Waals surface area (Å²) < 4.78 is 0.324. The zero-order valence-electron chi connectivity index (χ0n) is 11.8. The zero-order chi connectivity index (χ0) is 13.6. The van der Waals surface area contributed by atoms with Gasteiger partial charge < -0.3 is 30.4 Å². The molecule has 0 aliphatic carbocycles. The van der Waals surface area contributed by atoms with Crippen LogP contribution in [0.4, 0.5) is 0 Å². The summed E-state index contributed by atoms with van der Waals surface area (Å²) in [4.78, 5) is 0. The molecule has 0 aliphatic rings. The van der Waals surface area contributed by atoms with Crippen LogP contribution >= 0.6 is 0 Å². The van der Waals surface area contributed by atoms with Crippen LogP contribution in [-0.4, -0.2) is 81.0 Å². The monoisotopic (exact) mass is 267 g/mol. The second-order valence-corrected chi connectivity index (χ2v) is 5.47. The van der Waals surface area contributed by atoms with Crippen LogP contribution in [0.2, 0.25) is 0 Å². The van der Waals surface area contributed by atoms with Gasteiger partial charge in [0.25, 0.3) is 0 Å². The minimum atomic E-state index is -0.536. The summed E-state index contributed by atoms with van der Waals surface area (Å²) in [5.41, 5.74) is 0. The van der Waals surface area contributed by atoms with E-state index in [-0.39, 0.29) is 5.48 Å². The van der Waals surface area contributed by atoms with E-state index in [2.05, 4.69) is 0 Å². The van der Waals surface area contributed by atoms with E-state index in [1.165, 1.54) is 0 Å². The maximum atomic E-state index is 9.57. The van der Waals surface area contributed by atoms with E-state index in [0.717, 1.165) is 0 Å². The van der Waals surface area contributed by atoms with Crippen molar-refractivity contribution in [1.82, 2.24) is 0 Å². The molecule has 0 aromatic rings. The van der Waals surface area contributed by atoms with E-state index in [9.17, 15) is 20.4 Å². The third-order valence-corrected chi connectivity index (χ3v) is 2.61. The highest BCUT2D eigenvalue weighted by atomic mass is 16.3. The first-order valence-corrected chi connectivity index (χ1v) is 6.24. The Kier molecular flexibility index (Phi) is 9.81. The molecule has 4 unspecified atom stereocenters. The van der Waals surface area contributed by atoms with Gasteiger partial charge in [-0.2, -0.15) is 0 Å². The molecule has 6 heteroatoms. The highest BCUT2D eigenvalue weighted by Crippen LogP contribution is 2.14. The zero-order valence-corrected chi connectivity index (χ0v) is 11.8. The molecule has 0 radical (unpaired) electrons. The van der Waals surface area contributed by atoms with Crippen LogP contribution in [0.5, 0.6) is 0 Å². The summed E-state index contributed by atoms with van der Waals surface area (Å²) in [5.74, 6) is 0. The smallest absolute Gasteiger partial charge is 0.105 e. The first-order chi connectivity index (χ1) is 7.67. The van der Waals surface area contributed by atoms with E-state index in [0.29, 0.717) is 30.7 Å². The van der Waals surface area contributed by atoms with E-state index in [1.54, 1.807) is 27.7 Å². The van der Waals surface area contributed by atoms with Crippen molar-refractivity contribution in [3.05, 3.63) is 0 Å². The largest absolute Gasteiger partial charge is 0.870 e. The molecule has 0 bridgehead atoms. The lowest BCUT2D eigenvalue weighted by molar-refractivity contribution is -0.938. The Hall–Kier alpha value is -0.240. The SMILES string of the molecule is CC(O)C[N+](CC(C)O)(CC(C)O)CC(C)O.[OH-]. The van der Waals surface area contributed by atoms with Crippen molar-refractivity contribution in [1.29, 1.82) is 0 Å². The minimum Gasteiger partial charge on any atom is -0.870 e. The molecule has 0 aromatic heterocycles. The summed E-state index contributed by atoms with van der Waals surface area (Å²) in [6.07, 6.45) is -2.14. The van der Waals surface area contributed by atoms with Gasteiger partial charge in [0.1, 0.15) is 50.6 Å². The fraction of sp³-hybridized carbons (Fsp3) is 1.00. The van der Waals surface area contributed by atoms with Crippen LogP contribution in [0.3, 0.4) is 0 Å². The number of rotatable bonds is 8. The number of aliphatic hydroxyl groups excluding tert-OH is 4. The lowest BCUT2D eigenvalue weighted by atomic mass is 10.1. The van der Waals surface area contributed by atoms with Crippen molar-refractivity contribution in [3.8, 4) is 0 Å². The quantitative estimate of drug-likeness (QED) is 0.428. The van der Waals surface area contributed by atoms with Crippen molar-refractivity contribution in [2.75, 3.05) is 26.2 Å². The van der Waals surface area contributed by atoms with Crippen LogP contribution in [0.25, 0.3) is 0 Å². The van der Waals surface area contributed by atoms with Gasteiger partial charge in [-0.1, -0.05) is 0 Å². The number of hydrogen-bond donors (Lipinski definition) is 4. The minimum absolute atomic E-state index is 0. The topological polar surface area (TPSA) is 111 Å². The van der Waals surface area contributed by atoms with Gasteiger partial charge in [-0.3, -0.25) is 0 Å².